The molecule has 0 heterocycles. The highest BCUT2D eigenvalue weighted by Gasteiger charge is 2.19. The first-order chi connectivity index (χ1) is 12.8. The van der Waals surface area contributed by atoms with Crippen LogP contribution < -0.4 is 4.74 Å². The number of aryl methyl sites for hydroxylation is 1. The molecule has 2 rings (SSSR count). The molecule has 0 saturated heterocycles. The molecule has 0 saturated carbocycles. The maximum Gasteiger partial charge on any atom is 0.344 e. The summed E-state index contributed by atoms with van der Waals surface area (Å²) in [5.41, 5.74) is 2.52. The van der Waals surface area contributed by atoms with Crippen LogP contribution in [0.15, 0.2) is 48.5 Å². The number of carboxylic acids is 1. The van der Waals surface area contributed by atoms with Crippen LogP contribution in [0.5, 0.6) is 5.75 Å². The molecule has 1 atom stereocenters. The number of rotatable bonds is 9. The first-order valence-electron chi connectivity index (χ1n) is 9.50. The third kappa shape index (κ3) is 7.26. The van der Waals surface area contributed by atoms with Gasteiger partial charge in [0.1, 0.15) is 5.75 Å². The van der Waals surface area contributed by atoms with Gasteiger partial charge in [0.25, 0.3) is 0 Å². The van der Waals surface area contributed by atoms with Gasteiger partial charge in [-0.1, -0.05) is 63.1 Å². The van der Waals surface area contributed by atoms with Crippen molar-refractivity contribution in [2.75, 3.05) is 0 Å². The molecule has 3 nitrogen and oxygen atoms in total. The summed E-state index contributed by atoms with van der Waals surface area (Å²) in [6.45, 7) is 6.44. The third-order valence-corrected chi connectivity index (χ3v) is 4.87. The molecule has 0 aromatic heterocycles. The summed E-state index contributed by atoms with van der Waals surface area (Å²) in [5, 5.41) is 10.2. The molecule has 0 spiro atoms. The van der Waals surface area contributed by atoms with E-state index in [1.165, 1.54) is 11.1 Å². The molecule has 0 aliphatic rings. The molecule has 1 unspecified atom stereocenters. The van der Waals surface area contributed by atoms with E-state index in [0.29, 0.717) is 12.2 Å². The van der Waals surface area contributed by atoms with Gasteiger partial charge in [-0.15, -0.1) is 0 Å². The Balaban J connectivity index is 1.78. The highest BCUT2D eigenvalue weighted by molar-refractivity contribution is 6.30. The molecule has 2 aromatic rings. The molecular weight excluding hydrogens is 360 g/mol. The lowest BCUT2D eigenvalue weighted by Gasteiger charge is -2.20. The summed E-state index contributed by atoms with van der Waals surface area (Å²) < 4.78 is 5.71. The Morgan fingerprint density at radius 3 is 2.19 bits per heavy atom. The van der Waals surface area contributed by atoms with E-state index in [0.717, 1.165) is 30.7 Å². The third-order valence-electron chi connectivity index (χ3n) is 4.62. The molecule has 0 amide bonds. The van der Waals surface area contributed by atoms with Crippen molar-refractivity contribution in [3.05, 3.63) is 64.7 Å². The van der Waals surface area contributed by atoms with Crippen molar-refractivity contribution in [2.24, 2.45) is 0 Å². The zero-order valence-electron chi connectivity index (χ0n) is 16.4. The number of carboxylic acid groups (broad SMARTS) is 1. The van der Waals surface area contributed by atoms with Crippen LogP contribution in [0, 0.1) is 0 Å². The molecular formula is C23H29ClO3. The van der Waals surface area contributed by atoms with E-state index < -0.39 is 12.1 Å². The fourth-order valence-corrected chi connectivity index (χ4v) is 3.04. The summed E-state index contributed by atoms with van der Waals surface area (Å²) in [7, 11) is 0. The van der Waals surface area contributed by atoms with Gasteiger partial charge in [0.2, 0.25) is 0 Å². The van der Waals surface area contributed by atoms with Crippen molar-refractivity contribution < 1.29 is 14.6 Å². The van der Waals surface area contributed by atoms with Crippen molar-refractivity contribution in [1.29, 1.82) is 0 Å². The zero-order valence-corrected chi connectivity index (χ0v) is 17.1. The molecule has 2 aromatic carbocycles. The van der Waals surface area contributed by atoms with E-state index in [4.69, 9.17) is 16.3 Å². The van der Waals surface area contributed by atoms with Gasteiger partial charge in [-0.05, 0) is 66.5 Å². The number of carbonyl (C=O) groups is 1. The fourth-order valence-electron chi connectivity index (χ4n) is 2.92. The SMILES string of the molecule is CC(C)(C)c1ccc(OC(CCCCCc2ccc(Cl)cc2)C(=O)O)cc1. The van der Waals surface area contributed by atoms with Gasteiger partial charge in [-0.25, -0.2) is 4.79 Å². The number of ether oxygens (including phenoxy) is 1. The molecule has 0 bridgehead atoms. The van der Waals surface area contributed by atoms with Crippen LogP contribution >= 0.6 is 11.6 Å². The average Bonchev–Trinajstić information content (AvgIpc) is 2.61. The highest BCUT2D eigenvalue weighted by Crippen LogP contribution is 2.25. The number of aliphatic carboxylic acids is 1. The second-order valence-corrected chi connectivity index (χ2v) is 8.38. The first kappa shape index (κ1) is 21.3. The molecule has 0 aliphatic carbocycles. The molecule has 0 fully saturated rings. The summed E-state index contributed by atoms with van der Waals surface area (Å²) in [5.74, 6) is -0.302. The van der Waals surface area contributed by atoms with Gasteiger partial charge in [0.15, 0.2) is 6.10 Å². The minimum Gasteiger partial charge on any atom is -0.479 e. The van der Waals surface area contributed by atoms with Crippen LogP contribution in [0.4, 0.5) is 0 Å². The topological polar surface area (TPSA) is 46.5 Å². The number of hydrogen-bond acceptors (Lipinski definition) is 2. The number of benzene rings is 2. The van der Waals surface area contributed by atoms with Crippen LogP contribution in [0.25, 0.3) is 0 Å². The Labute approximate surface area is 167 Å². The van der Waals surface area contributed by atoms with E-state index in [9.17, 15) is 9.90 Å². The Bertz CT molecular complexity index is 715. The Kier molecular flexibility index (Phi) is 7.73. The Morgan fingerprint density at radius 1 is 1.00 bits per heavy atom. The normalized spacial score (nSPS) is 12.6. The number of unbranched alkanes of at least 4 members (excludes halogenated alkanes) is 2. The zero-order chi connectivity index (χ0) is 19.9. The maximum absolute atomic E-state index is 11.5. The summed E-state index contributed by atoms with van der Waals surface area (Å²) in [6, 6.07) is 15.6. The number of halogens is 1. The molecule has 4 heteroatoms. The average molecular weight is 389 g/mol. The molecule has 0 aliphatic heterocycles. The lowest BCUT2D eigenvalue weighted by Crippen LogP contribution is -2.27. The Morgan fingerprint density at radius 2 is 1.63 bits per heavy atom. The Hall–Kier alpha value is -2.00. The van der Waals surface area contributed by atoms with E-state index in [2.05, 4.69) is 20.8 Å². The molecule has 27 heavy (non-hydrogen) atoms. The van der Waals surface area contributed by atoms with Crippen LogP contribution in [0.2, 0.25) is 5.02 Å². The minimum atomic E-state index is -0.910. The fraction of sp³-hybridized carbons (Fsp3) is 0.435. The first-order valence-corrected chi connectivity index (χ1v) is 9.88. The smallest absolute Gasteiger partial charge is 0.344 e. The second-order valence-electron chi connectivity index (χ2n) is 7.94. The van der Waals surface area contributed by atoms with Gasteiger partial charge in [-0.2, -0.15) is 0 Å². The standard InChI is InChI=1S/C23H29ClO3/c1-23(2,3)18-11-15-20(16-12-18)27-21(22(25)26)8-6-4-5-7-17-9-13-19(24)14-10-17/h9-16,21H,4-8H2,1-3H3,(H,25,26). The van der Waals surface area contributed by atoms with Gasteiger partial charge in [-0.3, -0.25) is 0 Å². The minimum absolute atomic E-state index is 0.0643. The predicted octanol–water partition coefficient (Wildman–Crippen LogP) is 6.27. The van der Waals surface area contributed by atoms with Crippen LogP contribution in [-0.4, -0.2) is 17.2 Å². The molecule has 146 valence electrons. The largest absolute Gasteiger partial charge is 0.479 e. The van der Waals surface area contributed by atoms with E-state index in [1.54, 1.807) is 0 Å². The molecule has 1 N–H and O–H groups in total. The molecule has 0 radical (unpaired) electrons. The van der Waals surface area contributed by atoms with Crippen molar-refractivity contribution in [3.8, 4) is 5.75 Å². The summed E-state index contributed by atoms with van der Waals surface area (Å²) in [6.07, 6.45) is 3.50. The maximum atomic E-state index is 11.5. The van der Waals surface area contributed by atoms with Crippen molar-refractivity contribution >= 4 is 17.6 Å². The van der Waals surface area contributed by atoms with E-state index in [-0.39, 0.29) is 5.41 Å². The van der Waals surface area contributed by atoms with Gasteiger partial charge in [0, 0.05) is 5.02 Å². The van der Waals surface area contributed by atoms with Crippen LogP contribution in [-0.2, 0) is 16.6 Å². The van der Waals surface area contributed by atoms with Crippen molar-refractivity contribution in [2.45, 2.75) is 64.4 Å². The number of hydrogen-bond donors (Lipinski definition) is 1. The lowest BCUT2D eigenvalue weighted by molar-refractivity contribution is -0.145. The highest BCUT2D eigenvalue weighted by atomic mass is 35.5. The van der Waals surface area contributed by atoms with Crippen molar-refractivity contribution in [1.82, 2.24) is 0 Å². The second kappa shape index (κ2) is 9.80. The van der Waals surface area contributed by atoms with E-state index in [1.807, 2.05) is 48.5 Å². The quantitative estimate of drug-likeness (QED) is 0.514. The van der Waals surface area contributed by atoms with Gasteiger partial charge >= 0.3 is 5.97 Å². The lowest BCUT2D eigenvalue weighted by atomic mass is 9.87. The van der Waals surface area contributed by atoms with Gasteiger partial charge in [0.05, 0.1) is 0 Å². The summed E-state index contributed by atoms with van der Waals surface area (Å²) >= 11 is 5.89. The van der Waals surface area contributed by atoms with Crippen molar-refractivity contribution in [3.63, 3.8) is 0 Å². The summed E-state index contributed by atoms with van der Waals surface area (Å²) in [4.78, 5) is 11.5. The predicted molar refractivity (Wildman–Crippen MR) is 111 cm³/mol. The van der Waals surface area contributed by atoms with Crippen LogP contribution in [0.3, 0.4) is 0 Å². The van der Waals surface area contributed by atoms with Gasteiger partial charge < -0.3 is 9.84 Å². The van der Waals surface area contributed by atoms with Crippen LogP contribution in [0.1, 0.15) is 57.6 Å². The monoisotopic (exact) mass is 388 g/mol. The van der Waals surface area contributed by atoms with E-state index >= 15 is 0 Å².